The number of fused-ring (bicyclic) bond motifs is 6. The normalized spacial score (nSPS) is 15.4. The third-order valence-corrected chi connectivity index (χ3v) is 12.7. The zero-order valence-electron chi connectivity index (χ0n) is 36.0. The first-order valence-electron chi connectivity index (χ1n) is 22.2. The molecule has 3 heteroatoms. The number of para-hydroxylation sites is 2. The van der Waals surface area contributed by atoms with Gasteiger partial charge in [-0.25, -0.2) is 0 Å². The largest absolute Gasteiger partial charge is 0.317 e. The Hall–Kier alpha value is -7.62. The summed E-state index contributed by atoms with van der Waals surface area (Å²) < 4.78 is 4.82. The molecule has 0 saturated heterocycles. The summed E-state index contributed by atoms with van der Waals surface area (Å²) in [6.07, 6.45) is 31.2. The van der Waals surface area contributed by atoms with Gasteiger partial charge in [0.2, 0.25) is 0 Å². The predicted molar refractivity (Wildman–Crippen MR) is 271 cm³/mol. The first-order valence-corrected chi connectivity index (χ1v) is 22.2. The predicted octanol–water partition coefficient (Wildman–Crippen LogP) is 16.2. The molecule has 1 atom stereocenters. The molecule has 10 rings (SSSR count). The Morgan fingerprint density at radius 2 is 1.32 bits per heavy atom. The lowest BCUT2D eigenvalue weighted by atomic mass is 9.92. The van der Waals surface area contributed by atoms with E-state index in [-0.39, 0.29) is 0 Å². The molecule has 0 bridgehead atoms. The van der Waals surface area contributed by atoms with E-state index in [2.05, 4.69) is 240 Å². The Morgan fingerprint density at radius 1 is 0.651 bits per heavy atom. The van der Waals surface area contributed by atoms with Crippen molar-refractivity contribution in [2.24, 2.45) is 0 Å². The third kappa shape index (κ3) is 7.46. The van der Waals surface area contributed by atoms with Gasteiger partial charge in [-0.05, 0) is 151 Å². The molecule has 6 aromatic carbocycles. The van der Waals surface area contributed by atoms with Crippen molar-refractivity contribution in [3.8, 4) is 22.5 Å². The van der Waals surface area contributed by atoms with Gasteiger partial charge in [0.05, 0.1) is 16.6 Å². The van der Waals surface area contributed by atoms with E-state index in [1.165, 1.54) is 66.3 Å². The number of hydrogen-bond donors (Lipinski definition) is 0. The average Bonchev–Trinajstić information content (AvgIpc) is 3.87. The molecule has 306 valence electrons. The monoisotopic (exact) mass is 813 g/mol. The number of aryl methyl sites for hydroxylation is 1. The minimum absolute atomic E-state index is 0.401. The van der Waals surface area contributed by atoms with Crippen LogP contribution in [0.4, 0.5) is 11.4 Å². The number of hydrogen-bond acceptors (Lipinski definition) is 1. The van der Waals surface area contributed by atoms with Gasteiger partial charge in [-0.15, -0.1) is 0 Å². The first-order chi connectivity index (χ1) is 31.1. The highest BCUT2D eigenvalue weighted by atomic mass is 15.1. The van der Waals surface area contributed by atoms with Crippen molar-refractivity contribution >= 4 is 50.2 Å². The van der Waals surface area contributed by atoms with Crippen LogP contribution in [0.25, 0.3) is 61.3 Å². The second-order valence-corrected chi connectivity index (χ2v) is 16.3. The van der Waals surface area contributed by atoms with Crippen LogP contribution in [0.1, 0.15) is 49.4 Å². The summed E-state index contributed by atoms with van der Waals surface area (Å²) in [5.74, 6) is 0.401. The van der Waals surface area contributed by atoms with Gasteiger partial charge in [0.15, 0.2) is 0 Å². The summed E-state index contributed by atoms with van der Waals surface area (Å²) in [5, 5.41) is 3.84. The Kier molecular flexibility index (Phi) is 10.9. The third-order valence-electron chi connectivity index (χ3n) is 12.7. The minimum atomic E-state index is 0.401. The average molecular weight is 814 g/mol. The number of allylic oxidation sites excluding steroid dienone is 13. The highest BCUT2D eigenvalue weighted by Gasteiger charge is 2.19. The van der Waals surface area contributed by atoms with Crippen molar-refractivity contribution in [3.63, 3.8) is 0 Å². The van der Waals surface area contributed by atoms with E-state index in [0.29, 0.717) is 5.92 Å². The van der Waals surface area contributed by atoms with E-state index >= 15 is 0 Å². The summed E-state index contributed by atoms with van der Waals surface area (Å²) in [6.45, 7) is 8.21. The van der Waals surface area contributed by atoms with E-state index < -0.39 is 0 Å². The number of nitrogens with zero attached hydrogens (tertiary/aromatic N) is 3. The maximum absolute atomic E-state index is 4.10. The lowest BCUT2D eigenvalue weighted by molar-refractivity contribution is 0.854. The molecule has 0 saturated carbocycles. The van der Waals surface area contributed by atoms with Crippen LogP contribution in [0.2, 0.25) is 0 Å². The Labute approximate surface area is 371 Å². The second-order valence-electron chi connectivity index (χ2n) is 16.3. The van der Waals surface area contributed by atoms with Gasteiger partial charge in [0.25, 0.3) is 0 Å². The first kappa shape index (κ1) is 39.5. The van der Waals surface area contributed by atoms with Crippen molar-refractivity contribution in [2.75, 3.05) is 4.90 Å². The SMILES string of the molecule is C=CC(=CC=CN(c1ccc(C2C=CC=CC2)cc1)c1ccc(-n2c3ccccc3c3cc(-c4ccc(-n5c6c(c7ccccc75)CCC=C6)cc4)ccc32)cc1)C(C=CC)=CC. The molecular weight excluding hydrogens is 763 g/mol. The van der Waals surface area contributed by atoms with Gasteiger partial charge >= 0.3 is 0 Å². The van der Waals surface area contributed by atoms with E-state index in [1.54, 1.807) is 0 Å². The minimum Gasteiger partial charge on any atom is -0.317 e. The molecule has 2 heterocycles. The molecule has 2 aliphatic rings. The standard InChI is InChI=1S/C60H51N3/c1-4-17-43(5-2)44(6-3)20-16-41-61(49-32-27-46(28-33-49)45-18-8-7-9-19-45)50-36-38-52(39-37-50)63-59-26-15-12-23-55(59)56-42-48(31-40-60(56)63)47-29-34-51(35-30-47)62-57-24-13-10-21-53(57)54-22-11-14-25-58(54)62/h4-10,12-18,20-21,23-42,45H,3,11,19,22H2,1-2H3. The van der Waals surface area contributed by atoms with Gasteiger partial charge in [0.1, 0.15) is 0 Å². The molecule has 0 spiro atoms. The molecule has 2 aromatic heterocycles. The smallest absolute Gasteiger partial charge is 0.0541 e. The summed E-state index contributed by atoms with van der Waals surface area (Å²) in [6, 6.07) is 51.6. The van der Waals surface area contributed by atoms with Crippen molar-refractivity contribution in [1.82, 2.24) is 9.13 Å². The summed E-state index contributed by atoms with van der Waals surface area (Å²) >= 11 is 0. The molecular formula is C60H51N3. The molecule has 1 unspecified atom stereocenters. The molecule has 2 aliphatic carbocycles. The van der Waals surface area contributed by atoms with Crippen LogP contribution >= 0.6 is 0 Å². The van der Waals surface area contributed by atoms with E-state index in [0.717, 1.165) is 47.5 Å². The molecule has 3 nitrogen and oxygen atoms in total. The Bertz CT molecular complexity index is 3210. The molecule has 63 heavy (non-hydrogen) atoms. The van der Waals surface area contributed by atoms with Crippen molar-refractivity contribution in [3.05, 3.63) is 247 Å². The van der Waals surface area contributed by atoms with E-state index in [9.17, 15) is 0 Å². The lowest BCUT2D eigenvalue weighted by Gasteiger charge is -2.23. The maximum Gasteiger partial charge on any atom is 0.0541 e. The van der Waals surface area contributed by atoms with E-state index in [4.69, 9.17) is 0 Å². The van der Waals surface area contributed by atoms with Crippen LogP contribution in [0.15, 0.2) is 230 Å². The molecule has 8 aromatic rings. The van der Waals surface area contributed by atoms with Crippen molar-refractivity contribution in [1.29, 1.82) is 0 Å². The van der Waals surface area contributed by atoms with Crippen LogP contribution < -0.4 is 4.90 Å². The fraction of sp³-hybridized carbons (Fsp3) is 0.100. The van der Waals surface area contributed by atoms with Crippen LogP contribution in [0.3, 0.4) is 0 Å². The van der Waals surface area contributed by atoms with Crippen molar-refractivity contribution in [2.45, 2.75) is 39.0 Å². The zero-order chi connectivity index (χ0) is 42.7. The second kappa shape index (κ2) is 17.4. The fourth-order valence-electron chi connectivity index (χ4n) is 9.55. The van der Waals surface area contributed by atoms with Crippen LogP contribution in [-0.4, -0.2) is 9.13 Å². The number of rotatable bonds is 11. The van der Waals surface area contributed by atoms with Crippen molar-refractivity contribution < 1.29 is 0 Å². The number of aromatic nitrogens is 2. The summed E-state index contributed by atoms with van der Waals surface area (Å²) in [4.78, 5) is 2.26. The number of anilines is 2. The van der Waals surface area contributed by atoms with Crippen LogP contribution in [0, 0.1) is 0 Å². The Morgan fingerprint density at radius 3 is 2.03 bits per heavy atom. The van der Waals surface area contributed by atoms with Gasteiger partial charge in [0, 0.05) is 56.7 Å². The van der Waals surface area contributed by atoms with Crippen LogP contribution in [0.5, 0.6) is 0 Å². The lowest BCUT2D eigenvalue weighted by Crippen LogP contribution is -2.09. The quantitative estimate of drug-likeness (QED) is 0.119. The highest BCUT2D eigenvalue weighted by molar-refractivity contribution is 6.10. The number of benzene rings is 6. The molecule has 0 fully saturated rings. The fourth-order valence-corrected chi connectivity index (χ4v) is 9.55. The topological polar surface area (TPSA) is 13.1 Å². The van der Waals surface area contributed by atoms with Gasteiger partial charge in [-0.1, -0.05) is 134 Å². The van der Waals surface area contributed by atoms with Gasteiger partial charge < -0.3 is 14.0 Å². The highest BCUT2D eigenvalue weighted by Crippen LogP contribution is 2.38. The summed E-state index contributed by atoms with van der Waals surface area (Å²) in [7, 11) is 0. The van der Waals surface area contributed by atoms with Gasteiger partial charge in [-0.3, -0.25) is 0 Å². The maximum atomic E-state index is 4.10. The van der Waals surface area contributed by atoms with E-state index in [1.807, 2.05) is 13.0 Å². The molecule has 0 N–H and O–H groups in total. The molecule has 0 aliphatic heterocycles. The summed E-state index contributed by atoms with van der Waals surface area (Å²) in [5.41, 5.74) is 16.8. The Balaban J connectivity index is 0.991. The molecule has 0 amide bonds. The molecule has 0 radical (unpaired) electrons. The zero-order valence-corrected chi connectivity index (χ0v) is 36.0. The van der Waals surface area contributed by atoms with Gasteiger partial charge in [-0.2, -0.15) is 0 Å². The van der Waals surface area contributed by atoms with Crippen LogP contribution in [-0.2, 0) is 6.42 Å².